The van der Waals surface area contributed by atoms with Crippen LogP contribution in [0.1, 0.15) is 17.5 Å². The maximum absolute atomic E-state index is 12.8. The molecule has 0 aromatic heterocycles. The molecule has 9 heteroatoms. The average molecular weight is 542 g/mol. The number of amides is 3. The fraction of sp³-hybridized carbons (Fsp3) is 0.524. The predicted octanol–water partition coefficient (Wildman–Crippen LogP) is 2.56. The van der Waals surface area contributed by atoms with Gasteiger partial charge in [0, 0.05) is 15.3 Å². The Labute approximate surface area is 191 Å². The molecule has 6 atom stereocenters. The van der Waals surface area contributed by atoms with Gasteiger partial charge in [-0.2, -0.15) is 0 Å². The number of halogens is 2. The molecule has 1 N–H and O–H groups in total. The van der Waals surface area contributed by atoms with Crippen LogP contribution in [0.15, 0.2) is 18.2 Å². The van der Waals surface area contributed by atoms with Crippen molar-refractivity contribution in [2.45, 2.75) is 29.9 Å². The van der Waals surface area contributed by atoms with Crippen LogP contribution in [0.5, 0.6) is 0 Å². The van der Waals surface area contributed by atoms with E-state index >= 15 is 0 Å². The zero-order chi connectivity index (χ0) is 21.7. The lowest BCUT2D eigenvalue weighted by Crippen LogP contribution is -2.38. The average Bonchev–Trinajstić information content (AvgIpc) is 3.30. The van der Waals surface area contributed by atoms with E-state index in [9.17, 15) is 19.2 Å². The van der Waals surface area contributed by atoms with E-state index in [1.807, 2.05) is 26.0 Å². The van der Waals surface area contributed by atoms with Gasteiger partial charge < -0.3 is 10.1 Å². The van der Waals surface area contributed by atoms with E-state index in [0.717, 1.165) is 22.4 Å². The van der Waals surface area contributed by atoms with Gasteiger partial charge in [-0.05, 0) is 55.4 Å². The number of rotatable bonds is 5. The van der Waals surface area contributed by atoms with Crippen LogP contribution in [-0.2, 0) is 23.9 Å². The number of hydrogen-bond acceptors (Lipinski definition) is 5. The van der Waals surface area contributed by atoms with Gasteiger partial charge in [0.05, 0.1) is 11.8 Å². The molecular weight excluding hydrogens is 520 g/mol. The summed E-state index contributed by atoms with van der Waals surface area (Å²) in [6, 6.07) is 5.49. The highest BCUT2D eigenvalue weighted by molar-refractivity contribution is 9.12. The zero-order valence-corrected chi connectivity index (χ0v) is 19.7. The van der Waals surface area contributed by atoms with Gasteiger partial charge in [-0.3, -0.25) is 24.1 Å². The number of imide groups is 1. The lowest BCUT2D eigenvalue weighted by atomic mass is 9.81. The number of hydrogen-bond donors (Lipinski definition) is 1. The van der Waals surface area contributed by atoms with Gasteiger partial charge in [-0.15, -0.1) is 0 Å². The van der Waals surface area contributed by atoms with Crippen LogP contribution in [-0.4, -0.2) is 51.4 Å². The molecule has 1 saturated heterocycles. The maximum Gasteiger partial charge on any atom is 0.326 e. The summed E-state index contributed by atoms with van der Waals surface area (Å²) >= 11 is 7.25. The highest BCUT2D eigenvalue weighted by Gasteiger charge is 2.66. The first-order valence-electron chi connectivity index (χ1n) is 9.85. The van der Waals surface area contributed by atoms with Gasteiger partial charge in [0.2, 0.25) is 11.8 Å². The van der Waals surface area contributed by atoms with Gasteiger partial charge in [0.1, 0.15) is 6.54 Å². The monoisotopic (exact) mass is 540 g/mol. The summed E-state index contributed by atoms with van der Waals surface area (Å²) in [4.78, 5) is 51.1. The van der Waals surface area contributed by atoms with E-state index in [1.165, 1.54) is 0 Å². The number of aryl methyl sites for hydroxylation is 2. The fourth-order valence-corrected chi connectivity index (χ4v) is 6.78. The lowest BCUT2D eigenvalue weighted by Gasteiger charge is -2.28. The predicted molar refractivity (Wildman–Crippen MR) is 116 cm³/mol. The number of nitrogens with one attached hydrogen (secondary N) is 1. The summed E-state index contributed by atoms with van der Waals surface area (Å²) < 4.78 is 5.01. The van der Waals surface area contributed by atoms with Crippen molar-refractivity contribution in [3.63, 3.8) is 0 Å². The van der Waals surface area contributed by atoms with Gasteiger partial charge in [0.25, 0.3) is 5.91 Å². The van der Waals surface area contributed by atoms with E-state index in [4.69, 9.17) is 4.74 Å². The summed E-state index contributed by atoms with van der Waals surface area (Å²) in [5, 5.41) is 2.66. The minimum Gasteiger partial charge on any atom is -0.454 e. The summed E-state index contributed by atoms with van der Waals surface area (Å²) in [7, 11) is 0. The quantitative estimate of drug-likeness (QED) is 0.351. The van der Waals surface area contributed by atoms with Crippen LogP contribution in [0.4, 0.5) is 5.69 Å². The molecule has 3 aliphatic rings. The zero-order valence-electron chi connectivity index (χ0n) is 16.6. The van der Waals surface area contributed by atoms with Crippen molar-refractivity contribution >= 4 is 61.2 Å². The number of carbonyl (C=O) groups is 4. The first-order valence-corrected chi connectivity index (χ1v) is 11.7. The number of esters is 1. The SMILES string of the molecule is Cc1ccc(NC(=O)COC(=O)CN2C(=O)[C@@H]3[C@H]4C[C@@H]([C@H](Br)[C@@H]4Br)[C@@H]3C2=O)cc1C. The van der Waals surface area contributed by atoms with Crippen molar-refractivity contribution in [1.29, 1.82) is 0 Å². The third-order valence-electron chi connectivity index (χ3n) is 6.52. The number of nitrogens with zero attached hydrogens (tertiary/aromatic N) is 1. The van der Waals surface area contributed by atoms with Gasteiger partial charge in [0.15, 0.2) is 6.61 Å². The molecule has 0 radical (unpaired) electrons. The van der Waals surface area contributed by atoms with E-state index < -0.39 is 25.0 Å². The van der Waals surface area contributed by atoms with Crippen molar-refractivity contribution in [2.75, 3.05) is 18.5 Å². The second-order valence-corrected chi connectivity index (χ2v) is 10.4. The minimum atomic E-state index is -0.773. The molecule has 30 heavy (non-hydrogen) atoms. The molecule has 2 bridgehead atoms. The third kappa shape index (κ3) is 3.60. The molecule has 0 unspecified atom stereocenters. The molecule has 7 nitrogen and oxygen atoms in total. The Morgan fingerprint density at radius 1 is 1.07 bits per heavy atom. The molecule has 2 aliphatic carbocycles. The van der Waals surface area contributed by atoms with Gasteiger partial charge in [-0.1, -0.05) is 37.9 Å². The Bertz CT molecular complexity index is 904. The van der Waals surface area contributed by atoms with Crippen molar-refractivity contribution in [1.82, 2.24) is 4.90 Å². The normalized spacial score (nSPS) is 31.8. The molecule has 160 valence electrons. The molecule has 3 fully saturated rings. The Kier molecular flexibility index (Phi) is 5.78. The Balaban J connectivity index is 1.31. The molecule has 3 amide bonds. The molecule has 4 rings (SSSR count). The van der Waals surface area contributed by atoms with Crippen molar-refractivity contribution in [2.24, 2.45) is 23.7 Å². The molecule has 0 spiro atoms. The van der Waals surface area contributed by atoms with Crippen LogP contribution in [0.25, 0.3) is 0 Å². The van der Waals surface area contributed by atoms with E-state index in [0.29, 0.717) is 5.69 Å². The molecule has 2 saturated carbocycles. The molecule has 1 aromatic carbocycles. The summed E-state index contributed by atoms with van der Waals surface area (Å²) in [6.07, 6.45) is 0.829. The Morgan fingerprint density at radius 2 is 1.67 bits per heavy atom. The van der Waals surface area contributed by atoms with Crippen LogP contribution in [0.3, 0.4) is 0 Å². The number of alkyl halides is 2. The summed E-state index contributed by atoms with van der Waals surface area (Å²) in [5.74, 6) is -2.44. The highest BCUT2D eigenvalue weighted by atomic mass is 79.9. The number of ether oxygens (including phenoxy) is 1. The number of benzene rings is 1. The topological polar surface area (TPSA) is 92.8 Å². The van der Waals surface area contributed by atoms with Gasteiger partial charge >= 0.3 is 5.97 Å². The first kappa shape index (κ1) is 21.5. The Morgan fingerprint density at radius 3 is 2.23 bits per heavy atom. The van der Waals surface area contributed by atoms with Crippen LogP contribution in [0.2, 0.25) is 0 Å². The smallest absolute Gasteiger partial charge is 0.326 e. The number of carbonyl (C=O) groups excluding carboxylic acids is 4. The Hall–Kier alpha value is -1.74. The number of likely N-dealkylation sites (tertiary alicyclic amines) is 1. The summed E-state index contributed by atoms with van der Waals surface area (Å²) in [5.41, 5.74) is 2.75. The van der Waals surface area contributed by atoms with Crippen LogP contribution >= 0.6 is 31.9 Å². The van der Waals surface area contributed by atoms with Crippen molar-refractivity contribution < 1.29 is 23.9 Å². The molecule has 1 heterocycles. The van der Waals surface area contributed by atoms with Crippen molar-refractivity contribution in [3.8, 4) is 0 Å². The van der Waals surface area contributed by atoms with Crippen LogP contribution in [0, 0.1) is 37.5 Å². The largest absolute Gasteiger partial charge is 0.454 e. The highest BCUT2D eigenvalue weighted by Crippen LogP contribution is 2.60. The van der Waals surface area contributed by atoms with Gasteiger partial charge in [-0.25, -0.2) is 0 Å². The third-order valence-corrected chi connectivity index (χ3v) is 9.73. The fourth-order valence-electron chi connectivity index (χ4n) is 4.90. The molecule has 1 aromatic rings. The maximum atomic E-state index is 12.8. The standard InChI is InChI=1S/C21H22Br2N2O5/c1-9-3-4-11(5-10(9)2)24-14(26)8-30-15(27)7-25-20(28)16-12-6-13(17(16)21(25)29)19(23)18(12)22/h3-5,12-13,16-19H,6-8H2,1-2H3,(H,24,26)/t12-,13-,16-,17+,18-,19+/m1/s1. The van der Waals surface area contributed by atoms with Crippen molar-refractivity contribution in [3.05, 3.63) is 29.3 Å². The minimum absolute atomic E-state index is 0.0885. The second-order valence-electron chi connectivity index (χ2n) is 8.27. The molecule has 1 aliphatic heterocycles. The second kappa shape index (κ2) is 8.07. The van der Waals surface area contributed by atoms with E-state index in [-0.39, 0.29) is 45.1 Å². The number of anilines is 1. The first-order chi connectivity index (χ1) is 14.2. The van der Waals surface area contributed by atoms with Crippen LogP contribution < -0.4 is 5.32 Å². The summed E-state index contributed by atoms with van der Waals surface area (Å²) in [6.45, 7) is 2.97. The van der Waals surface area contributed by atoms with E-state index in [2.05, 4.69) is 37.2 Å². The van der Waals surface area contributed by atoms with E-state index in [1.54, 1.807) is 6.07 Å². The number of fused-ring (bicyclic) bond motifs is 5. The lowest BCUT2D eigenvalue weighted by molar-refractivity contribution is -0.154. The molecular formula is C21H22Br2N2O5.